The van der Waals surface area contributed by atoms with Crippen molar-refractivity contribution in [2.45, 2.75) is 0 Å². The van der Waals surface area contributed by atoms with Crippen LogP contribution in [0.4, 0.5) is 0 Å². The second-order valence-corrected chi connectivity index (χ2v) is 1.28. The van der Waals surface area contributed by atoms with Crippen LogP contribution in [0.15, 0.2) is 12.0 Å². The van der Waals surface area contributed by atoms with Crippen molar-refractivity contribution < 1.29 is 25.8 Å². The van der Waals surface area contributed by atoms with Crippen LogP contribution in [0.5, 0.6) is 0 Å². The van der Waals surface area contributed by atoms with Crippen molar-refractivity contribution in [2.24, 2.45) is 0 Å². The molecule has 0 saturated heterocycles. The largest absolute Gasteiger partial charge is 1.00 e. The second kappa shape index (κ2) is 5.37. The molecule has 0 heterocycles. The van der Waals surface area contributed by atoms with Crippen LogP contribution >= 0.6 is 0 Å². The molecule has 0 amide bonds. The van der Waals surface area contributed by atoms with Crippen LogP contribution in [-0.4, -0.2) is 8.76 Å². The second-order valence-electron chi connectivity index (χ2n) is 0.427. The molecule has 0 bridgehead atoms. The molecule has 0 aromatic heterocycles. The third kappa shape index (κ3) is 8.84. The van der Waals surface area contributed by atoms with E-state index in [-0.39, 0.29) is 17.1 Å². The molecule has 0 fully saturated rings. The molecule has 0 N–H and O–H groups in total. The van der Waals surface area contributed by atoms with Crippen molar-refractivity contribution in [3.8, 4) is 0 Å². The molecule has 0 aliphatic heterocycles. The zero-order chi connectivity index (χ0) is 4.28. The Morgan fingerprint density at radius 3 is 2.00 bits per heavy atom. The predicted molar refractivity (Wildman–Crippen MR) is 19.1 cm³/mol. The third-order valence-electron chi connectivity index (χ3n) is 0.136. The summed E-state index contributed by atoms with van der Waals surface area (Å²) in [6.45, 7) is 2.95. The van der Waals surface area contributed by atoms with Gasteiger partial charge in [0, 0.05) is 0 Å². The van der Waals surface area contributed by atoms with Crippen LogP contribution < -0.4 is 0 Å². The number of hydrogen-bond acceptors (Lipinski definition) is 2. The summed E-state index contributed by atoms with van der Waals surface area (Å²) in [6, 6.07) is 0. The van der Waals surface area contributed by atoms with Gasteiger partial charge < -0.3 is 4.55 Å². The Kier molecular flexibility index (Phi) is 8.61. The van der Waals surface area contributed by atoms with Gasteiger partial charge in [-0.3, -0.25) is 4.21 Å². The fourth-order valence-electron chi connectivity index (χ4n) is 0. The van der Waals surface area contributed by atoms with Gasteiger partial charge in [-0.2, -0.15) is 0 Å². The summed E-state index contributed by atoms with van der Waals surface area (Å²) in [5.41, 5.74) is 0. The zero-order valence-corrected chi connectivity index (χ0v) is 4.57. The Morgan fingerprint density at radius 2 is 2.00 bits per heavy atom. The van der Waals surface area contributed by atoms with Gasteiger partial charge in [-0.15, -0.1) is 0 Å². The number of rotatable bonds is 1. The van der Waals surface area contributed by atoms with E-state index in [0.717, 1.165) is 5.41 Å². The molecule has 0 spiro atoms. The van der Waals surface area contributed by atoms with Gasteiger partial charge in [0.05, 0.1) is 0 Å². The van der Waals surface area contributed by atoms with E-state index in [1.165, 1.54) is 0 Å². The summed E-state index contributed by atoms with van der Waals surface area (Å²) in [6.07, 6.45) is 0. The third-order valence-corrected chi connectivity index (χ3v) is 0.408. The molecule has 0 saturated carbocycles. The minimum absolute atomic E-state index is 0. The van der Waals surface area contributed by atoms with Gasteiger partial charge in [-0.05, 0) is 16.5 Å². The van der Waals surface area contributed by atoms with E-state index in [9.17, 15) is 8.76 Å². The van der Waals surface area contributed by atoms with E-state index in [4.69, 9.17) is 0 Å². The van der Waals surface area contributed by atoms with Crippen molar-refractivity contribution in [3.05, 3.63) is 12.0 Å². The Bertz CT molecular complexity index is 62.6. The summed E-state index contributed by atoms with van der Waals surface area (Å²) in [4.78, 5) is 0. The first-order valence-corrected chi connectivity index (χ1v) is 2.12. The standard InChI is InChI=1S/C2H4O2S.Cu/c1-2-5(3)4;/h2H,1H2,(H,3,4);/q;+1/p-1. The monoisotopic (exact) mass is 154 g/mol. The fourth-order valence-corrected chi connectivity index (χ4v) is 0. The molecule has 0 aliphatic carbocycles. The van der Waals surface area contributed by atoms with Crippen molar-refractivity contribution in [2.75, 3.05) is 0 Å². The van der Waals surface area contributed by atoms with Gasteiger partial charge in [0.1, 0.15) is 0 Å². The Morgan fingerprint density at radius 1 is 1.83 bits per heavy atom. The molecule has 4 heteroatoms. The quantitative estimate of drug-likeness (QED) is 0.394. The first kappa shape index (κ1) is 9.62. The van der Waals surface area contributed by atoms with Gasteiger partial charge in [0.15, 0.2) is 0 Å². The molecule has 1 atom stereocenters. The molecule has 6 heavy (non-hydrogen) atoms. The van der Waals surface area contributed by atoms with E-state index >= 15 is 0 Å². The Hall–Kier alpha value is 0.369. The van der Waals surface area contributed by atoms with Gasteiger partial charge >= 0.3 is 17.1 Å². The normalized spacial score (nSPS) is 11.5. The first-order chi connectivity index (χ1) is 2.27. The zero-order valence-electron chi connectivity index (χ0n) is 2.81. The Labute approximate surface area is 49.4 Å². The van der Waals surface area contributed by atoms with Crippen molar-refractivity contribution in [1.29, 1.82) is 0 Å². The molecular formula is C2H3CuO2S. The molecular weight excluding hydrogens is 152 g/mol. The summed E-state index contributed by atoms with van der Waals surface area (Å²) in [5, 5.41) is 0.833. The maximum absolute atomic E-state index is 9.25. The minimum Gasteiger partial charge on any atom is -0.769 e. The van der Waals surface area contributed by atoms with Gasteiger partial charge in [0.2, 0.25) is 0 Å². The van der Waals surface area contributed by atoms with Crippen LogP contribution in [0.3, 0.4) is 0 Å². The molecule has 0 radical (unpaired) electrons. The van der Waals surface area contributed by atoms with E-state index in [0.29, 0.717) is 0 Å². The molecule has 1 unspecified atom stereocenters. The van der Waals surface area contributed by atoms with Crippen molar-refractivity contribution in [1.82, 2.24) is 0 Å². The van der Waals surface area contributed by atoms with Crippen LogP contribution in [0.2, 0.25) is 0 Å². The summed E-state index contributed by atoms with van der Waals surface area (Å²) in [5.74, 6) is 0. The summed E-state index contributed by atoms with van der Waals surface area (Å²) < 4.78 is 18.5. The van der Waals surface area contributed by atoms with E-state index in [1.54, 1.807) is 0 Å². The van der Waals surface area contributed by atoms with E-state index in [2.05, 4.69) is 6.58 Å². The van der Waals surface area contributed by atoms with Crippen LogP contribution in [0.25, 0.3) is 0 Å². The van der Waals surface area contributed by atoms with Crippen molar-refractivity contribution >= 4 is 11.1 Å². The molecule has 0 rings (SSSR count). The maximum Gasteiger partial charge on any atom is 1.00 e. The molecule has 0 aliphatic rings. The smallest absolute Gasteiger partial charge is 0.769 e. The summed E-state index contributed by atoms with van der Waals surface area (Å²) in [7, 11) is 0. The molecule has 0 aromatic rings. The van der Waals surface area contributed by atoms with Gasteiger partial charge in [0.25, 0.3) is 0 Å². The molecule has 2 nitrogen and oxygen atoms in total. The van der Waals surface area contributed by atoms with Crippen LogP contribution in [0, 0.1) is 0 Å². The van der Waals surface area contributed by atoms with Gasteiger partial charge in [-0.25, -0.2) is 0 Å². The maximum atomic E-state index is 9.25. The van der Waals surface area contributed by atoms with E-state index < -0.39 is 11.1 Å². The summed E-state index contributed by atoms with van der Waals surface area (Å²) >= 11 is -2.06. The van der Waals surface area contributed by atoms with Gasteiger partial charge in [-0.1, -0.05) is 6.58 Å². The SMILES string of the molecule is C=CS(=O)[O-].[Cu+]. The Balaban J connectivity index is 0. The average Bonchev–Trinajstić information content (AvgIpc) is 1.38. The topological polar surface area (TPSA) is 40.1 Å². The first-order valence-electron chi connectivity index (χ1n) is 0.977. The molecule has 0 aromatic carbocycles. The molecule has 40 valence electrons. The van der Waals surface area contributed by atoms with Crippen LogP contribution in [0.1, 0.15) is 0 Å². The average molecular weight is 155 g/mol. The van der Waals surface area contributed by atoms with E-state index in [1.807, 2.05) is 0 Å². The van der Waals surface area contributed by atoms with Crippen molar-refractivity contribution in [3.63, 3.8) is 0 Å². The fraction of sp³-hybridized carbons (Fsp3) is 0. The van der Waals surface area contributed by atoms with Crippen LogP contribution in [-0.2, 0) is 28.1 Å². The minimum atomic E-state index is -2.06. The predicted octanol–water partition coefficient (Wildman–Crippen LogP) is 0.00650. The number of hydrogen-bond donors (Lipinski definition) is 0.